The van der Waals surface area contributed by atoms with Gasteiger partial charge in [-0.3, -0.25) is 4.98 Å². The molecule has 0 aliphatic carbocycles. The molecule has 1 N–H and O–H groups in total. The van der Waals surface area contributed by atoms with Crippen LogP contribution in [0.15, 0.2) is 48.8 Å². The smallest absolute Gasteiger partial charge is 0.232 e. The Labute approximate surface area is 123 Å². The van der Waals surface area contributed by atoms with Crippen molar-refractivity contribution in [2.45, 2.75) is 13.3 Å². The second kappa shape index (κ2) is 6.17. The summed E-state index contributed by atoms with van der Waals surface area (Å²) in [5.41, 5.74) is 0.852. The largest absolute Gasteiger partial charge is 0.437 e. The molecule has 0 aliphatic rings. The van der Waals surface area contributed by atoms with Crippen molar-refractivity contribution in [1.82, 2.24) is 15.0 Å². The number of benzene rings is 1. The van der Waals surface area contributed by atoms with E-state index in [0.29, 0.717) is 17.6 Å². The Bertz CT molecular complexity index is 731. The van der Waals surface area contributed by atoms with Gasteiger partial charge in [0.2, 0.25) is 11.8 Å². The first-order valence-corrected chi connectivity index (χ1v) is 6.95. The molecular formula is C16H16N4O. The normalized spacial score (nSPS) is 10.5. The average molecular weight is 280 g/mol. The van der Waals surface area contributed by atoms with E-state index in [1.165, 1.54) is 0 Å². The molecule has 0 saturated carbocycles. The van der Waals surface area contributed by atoms with Crippen molar-refractivity contribution in [3.05, 3.63) is 48.8 Å². The lowest BCUT2D eigenvalue weighted by atomic mass is 10.2. The summed E-state index contributed by atoms with van der Waals surface area (Å²) < 4.78 is 5.86. The molecule has 0 radical (unpaired) electrons. The fourth-order valence-corrected chi connectivity index (χ4v) is 1.96. The van der Waals surface area contributed by atoms with E-state index in [1.54, 1.807) is 12.4 Å². The van der Waals surface area contributed by atoms with Crippen LogP contribution >= 0.6 is 0 Å². The number of anilines is 1. The van der Waals surface area contributed by atoms with Crippen LogP contribution in [0.2, 0.25) is 0 Å². The number of nitrogens with zero attached hydrogens (tertiary/aromatic N) is 3. The fraction of sp³-hybridized carbons (Fsp3) is 0.188. The Morgan fingerprint density at radius 3 is 2.81 bits per heavy atom. The summed E-state index contributed by atoms with van der Waals surface area (Å²) in [5, 5.41) is 4.07. The van der Waals surface area contributed by atoms with E-state index < -0.39 is 0 Å². The Hall–Kier alpha value is -2.69. The summed E-state index contributed by atoms with van der Waals surface area (Å²) in [6.07, 6.45) is 4.38. The first kappa shape index (κ1) is 13.3. The molecule has 0 bridgehead atoms. The van der Waals surface area contributed by atoms with Crippen molar-refractivity contribution in [2.24, 2.45) is 0 Å². The third kappa shape index (κ3) is 3.08. The van der Waals surface area contributed by atoms with Crippen molar-refractivity contribution in [1.29, 1.82) is 0 Å². The predicted octanol–water partition coefficient (Wildman–Crippen LogP) is 3.64. The van der Waals surface area contributed by atoms with Gasteiger partial charge in [-0.2, -0.15) is 4.98 Å². The van der Waals surface area contributed by atoms with Gasteiger partial charge in [0, 0.05) is 12.7 Å². The van der Waals surface area contributed by atoms with Gasteiger partial charge in [-0.15, -0.1) is 0 Å². The van der Waals surface area contributed by atoms with Crippen LogP contribution in [0, 0.1) is 0 Å². The number of pyridine rings is 1. The van der Waals surface area contributed by atoms with Gasteiger partial charge >= 0.3 is 0 Å². The second-order valence-electron chi connectivity index (χ2n) is 4.59. The molecule has 2 heterocycles. The highest BCUT2D eigenvalue weighted by Crippen LogP contribution is 2.27. The van der Waals surface area contributed by atoms with E-state index in [0.717, 1.165) is 23.9 Å². The molecule has 3 aromatic rings. The molecule has 0 amide bonds. The molecule has 106 valence electrons. The van der Waals surface area contributed by atoms with Gasteiger partial charge in [-0.25, -0.2) is 4.98 Å². The van der Waals surface area contributed by atoms with Crippen molar-refractivity contribution in [2.75, 3.05) is 11.9 Å². The topological polar surface area (TPSA) is 59.9 Å². The Morgan fingerprint density at radius 1 is 1.10 bits per heavy atom. The highest BCUT2D eigenvalue weighted by Gasteiger charge is 2.09. The van der Waals surface area contributed by atoms with Gasteiger partial charge in [0.05, 0.1) is 17.1 Å². The highest BCUT2D eigenvalue weighted by atomic mass is 16.5. The van der Waals surface area contributed by atoms with Crippen LogP contribution in [0.5, 0.6) is 11.6 Å². The predicted molar refractivity (Wildman–Crippen MR) is 82.6 cm³/mol. The van der Waals surface area contributed by atoms with E-state index in [1.807, 2.05) is 36.4 Å². The number of nitrogens with one attached hydrogen (secondary N) is 1. The number of hydrogen-bond donors (Lipinski definition) is 1. The number of ether oxygens (including phenoxy) is 1. The summed E-state index contributed by atoms with van der Waals surface area (Å²) in [6.45, 7) is 2.92. The molecule has 1 aromatic carbocycles. The lowest BCUT2D eigenvalue weighted by molar-refractivity contribution is 0.466. The lowest BCUT2D eigenvalue weighted by Gasteiger charge is -2.10. The minimum Gasteiger partial charge on any atom is -0.437 e. The first-order valence-electron chi connectivity index (χ1n) is 6.95. The van der Waals surface area contributed by atoms with Gasteiger partial charge in [0.15, 0.2) is 0 Å². The molecule has 0 unspecified atom stereocenters. The molecular weight excluding hydrogens is 264 g/mol. The van der Waals surface area contributed by atoms with Gasteiger partial charge in [0.1, 0.15) is 5.75 Å². The molecule has 0 saturated heterocycles. The number of hydrogen-bond acceptors (Lipinski definition) is 5. The summed E-state index contributed by atoms with van der Waals surface area (Å²) in [4.78, 5) is 13.0. The Kier molecular flexibility index (Phi) is 3.91. The zero-order valence-corrected chi connectivity index (χ0v) is 11.8. The maximum absolute atomic E-state index is 5.86. The number of aromatic nitrogens is 3. The molecule has 0 fully saturated rings. The zero-order chi connectivity index (χ0) is 14.5. The van der Waals surface area contributed by atoms with Crippen LogP contribution in [0.25, 0.3) is 10.9 Å². The first-order chi connectivity index (χ1) is 10.4. The van der Waals surface area contributed by atoms with E-state index in [9.17, 15) is 0 Å². The van der Waals surface area contributed by atoms with Crippen LogP contribution < -0.4 is 10.1 Å². The maximum Gasteiger partial charge on any atom is 0.232 e. The monoisotopic (exact) mass is 280 g/mol. The third-order valence-corrected chi connectivity index (χ3v) is 2.95. The van der Waals surface area contributed by atoms with E-state index in [4.69, 9.17) is 4.74 Å². The van der Waals surface area contributed by atoms with E-state index >= 15 is 0 Å². The highest BCUT2D eigenvalue weighted by molar-refractivity contribution is 5.84. The molecule has 0 aliphatic heterocycles. The summed E-state index contributed by atoms with van der Waals surface area (Å²) >= 11 is 0. The second-order valence-corrected chi connectivity index (χ2v) is 4.59. The van der Waals surface area contributed by atoms with Gasteiger partial charge in [-0.1, -0.05) is 19.1 Å². The molecule has 5 heteroatoms. The van der Waals surface area contributed by atoms with Crippen molar-refractivity contribution in [3.63, 3.8) is 0 Å². The minimum absolute atomic E-state index is 0.534. The molecule has 2 aromatic heterocycles. The summed E-state index contributed by atoms with van der Waals surface area (Å²) in [7, 11) is 0. The van der Waals surface area contributed by atoms with E-state index in [2.05, 4.69) is 27.2 Å². The van der Waals surface area contributed by atoms with Gasteiger partial charge < -0.3 is 10.1 Å². The van der Waals surface area contributed by atoms with Gasteiger partial charge in [-0.05, 0) is 30.7 Å². The molecule has 0 atom stereocenters. The van der Waals surface area contributed by atoms with Crippen LogP contribution in [-0.4, -0.2) is 21.5 Å². The maximum atomic E-state index is 5.86. The summed E-state index contributed by atoms with van der Waals surface area (Å²) in [6, 6.07) is 11.5. The van der Waals surface area contributed by atoms with Gasteiger partial charge in [0.25, 0.3) is 0 Å². The van der Waals surface area contributed by atoms with Crippen molar-refractivity contribution in [3.8, 4) is 11.6 Å². The van der Waals surface area contributed by atoms with E-state index in [-0.39, 0.29) is 0 Å². The van der Waals surface area contributed by atoms with Crippen molar-refractivity contribution >= 4 is 16.9 Å². The molecule has 5 nitrogen and oxygen atoms in total. The lowest BCUT2D eigenvalue weighted by Crippen LogP contribution is -2.05. The summed E-state index contributed by atoms with van der Waals surface area (Å²) in [5.74, 6) is 1.77. The zero-order valence-electron chi connectivity index (χ0n) is 11.8. The average Bonchev–Trinajstić information content (AvgIpc) is 2.54. The number of para-hydroxylation sites is 1. The standard InChI is InChI=1S/C16H16N4O/c1-2-9-18-16-19-14-8-4-3-7-13(14)15(20-16)21-12-6-5-10-17-11-12/h3-8,10-11H,2,9H2,1H3,(H,18,19,20). The molecule has 0 spiro atoms. The van der Waals surface area contributed by atoms with Crippen LogP contribution in [0.1, 0.15) is 13.3 Å². The molecule has 21 heavy (non-hydrogen) atoms. The molecule has 3 rings (SSSR count). The van der Waals surface area contributed by atoms with Crippen LogP contribution in [0.3, 0.4) is 0 Å². The number of rotatable bonds is 5. The third-order valence-electron chi connectivity index (χ3n) is 2.95. The SMILES string of the molecule is CCCNc1nc(Oc2cccnc2)c2ccccc2n1. The van der Waals surface area contributed by atoms with Crippen LogP contribution in [-0.2, 0) is 0 Å². The minimum atomic E-state index is 0.534. The Balaban J connectivity index is 2.02. The quantitative estimate of drug-likeness (QED) is 0.773. The van der Waals surface area contributed by atoms with Crippen molar-refractivity contribution < 1.29 is 4.74 Å². The fourth-order valence-electron chi connectivity index (χ4n) is 1.96. The number of fused-ring (bicyclic) bond motifs is 1. The van der Waals surface area contributed by atoms with Crippen LogP contribution in [0.4, 0.5) is 5.95 Å². The Morgan fingerprint density at radius 2 is 2.00 bits per heavy atom.